The molecule has 17 heavy (non-hydrogen) atoms. The molecule has 0 aliphatic carbocycles. The Morgan fingerprint density at radius 3 is 2.47 bits per heavy atom. The van der Waals surface area contributed by atoms with E-state index in [1.165, 1.54) is 0 Å². The van der Waals surface area contributed by atoms with Gasteiger partial charge < -0.3 is 10.4 Å². The quantitative estimate of drug-likeness (QED) is 0.607. The van der Waals surface area contributed by atoms with Crippen molar-refractivity contribution in [3.63, 3.8) is 0 Å². The van der Waals surface area contributed by atoms with E-state index in [9.17, 15) is 9.59 Å². The lowest BCUT2D eigenvalue weighted by Crippen LogP contribution is -2.41. The minimum Gasteiger partial charge on any atom is -0.480 e. The number of carbonyl (C=O) groups excluding carboxylic acids is 1. The van der Waals surface area contributed by atoms with Crippen LogP contribution >= 0.6 is 22.6 Å². The highest BCUT2D eigenvalue weighted by Crippen LogP contribution is 2.01. The Balaban J connectivity index is 2.51. The molecule has 5 heteroatoms. The SMILES string of the molecule is O=C(Cc1ccccc1)NC(CCI)C(=O)O. The molecule has 1 aromatic carbocycles. The number of rotatable bonds is 6. The van der Waals surface area contributed by atoms with Crippen LogP contribution in [0.15, 0.2) is 30.3 Å². The molecule has 2 N–H and O–H groups in total. The third kappa shape index (κ3) is 5.16. The summed E-state index contributed by atoms with van der Waals surface area (Å²) in [6.45, 7) is 0. The molecule has 0 heterocycles. The minimum atomic E-state index is -0.983. The molecule has 0 saturated heterocycles. The van der Waals surface area contributed by atoms with Crippen molar-refractivity contribution in [3.8, 4) is 0 Å². The average Bonchev–Trinajstić information content (AvgIpc) is 2.29. The van der Waals surface area contributed by atoms with Gasteiger partial charge in [0, 0.05) is 4.43 Å². The molecule has 0 aromatic heterocycles. The second-order valence-corrected chi connectivity index (χ2v) is 4.68. The van der Waals surface area contributed by atoms with Gasteiger partial charge in [-0.25, -0.2) is 4.79 Å². The van der Waals surface area contributed by atoms with E-state index < -0.39 is 12.0 Å². The third-order valence-electron chi connectivity index (χ3n) is 2.24. The van der Waals surface area contributed by atoms with E-state index in [4.69, 9.17) is 5.11 Å². The van der Waals surface area contributed by atoms with Crippen molar-refractivity contribution in [2.75, 3.05) is 4.43 Å². The van der Waals surface area contributed by atoms with E-state index in [2.05, 4.69) is 27.9 Å². The maximum absolute atomic E-state index is 11.6. The van der Waals surface area contributed by atoms with Crippen LogP contribution in [0.3, 0.4) is 0 Å². The average molecular weight is 347 g/mol. The monoisotopic (exact) mass is 347 g/mol. The number of alkyl halides is 1. The van der Waals surface area contributed by atoms with Crippen LogP contribution in [0.2, 0.25) is 0 Å². The van der Waals surface area contributed by atoms with Crippen molar-refractivity contribution in [1.82, 2.24) is 5.32 Å². The fraction of sp³-hybridized carbons (Fsp3) is 0.333. The second-order valence-electron chi connectivity index (χ2n) is 3.60. The van der Waals surface area contributed by atoms with Gasteiger partial charge in [0.15, 0.2) is 0 Å². The predicted octanol–water partition coefficient (Wildman–Crippen LogP) is 1.62. The summed E-state index contributed by atoms with van der Waals surface area (Å²) in [6.07, 6.45) is 0.655. The molecule has 0 bridgehead atoms. The number of aliphatic carboxylic acids is 1. The Kier molecular flexibility index (Phi) is 5.96. The Labute approximate surface area is 114 Å². The van der Waals surface area contributed by atoms with Crippen LogP contribution in [-0.2, 0) is 16.0 Å². The first-order valence-corrected chi connectivity index (χ1v) is 6.78. The van der Waals surface area contributed by atoms with Gasteiger partial charge in [0.1, 0.15) is 6.04 Å². The van der Waals surface area contributed by atoms with Gasteiger partial charge in [-0.05, 0) is 12.0 Å². The second kappa shape index (κ2) is 7.26. The first kappa shape index (κ1) is 14.0. The summed E-state index contributed by atoms with van der Waals surface area (Å²) < 4.78 is 0.695. The van der Waals surface area contributed by atoms with Crippen LogP contribution in [-0.4, -0.2) is 27.5 Å². The molecule has 1 rings (SSSR count). The summed E-state index contributed by atoms with van der Waals surface area (Å²) in [5, 5.41) is 11.4. The Morgan fingerprint density at radius 2 is 1.94 bits per heavy atom. The highest BCUT2D eigenvalue weighted by molar-refractivity contribution is 14.1. The molecule has 4 nitrogen and oxygen atoms in total. The molecule has 0 radical (unpaired) electrons. The van der Waals surface area contributed by atoms with Gasteiger partial charge in [-0.2, -0.15) is 0 Å². The van der Waals surface area contributed by atoms with Gasteiger partial charge >= 0.3 is 5.97 Å². The lowest BCUT2D eigenvalue weighted by molar-refractivity contribution is -0.141. The van der Waals surface area contributed by atoms with Gasteiger partial charge in [0.2, 0.25) is 5.91 Å². The van der Waals surface area contributed by atoms with Crippen LogP contribution in [0.4, 0.5) is 0 Å². The largest absolute Gasteiger partial charge is 0.480 e. The zero-order valence-corrected chi connectivity index (χ0v) is 11.4. The summed E-state index contributed by atoms with van der Waals surface area (Å²) in [5.41, 5.74) is 0.878. The van der Waals surface area contributed by atoms with Gasteiger partial charge in [-0.15, -0.1) is 0 Å². The molecule has 0 fully saturated rings. The number of halogens is 1. The summed E-state index contributed by atoms with van der Waals surface area (Å²) in [5.74, 6) is -1.24. The standard InChI is InChI=1S/C12H14INO3/c13-7-6-10(12(16)17)14-11(15)8-9-4-2-1-3-5-9/h1-5,10H,6-8H2,(H,14,15)(H,16,17). The number of hydrogen-bond donors (Lipinski definition) is 2. The lowest BCUT2D eigenvalue weighted by Gasteiger charge is -2.13. The molecular formula is C12H14INO3. The third-order valence-corrected chi connectivity index (χ3v) is 2.86. The van der Waals surface area contributed by atoms with E-state index in [0.717, 1.165) is 5.56 Å². The molecule has 1 amide bonds. The number of hydrogen-bond acceptors (Lipinski definition) is 2. The highest BCUT2D eigenvalue weighted by Gasteiger charge is 2.18. The Morgan fingerprint density at radius 1 is 1.29 bits per heavy atom. The van der Waals surface area contributed by atoms with Crippen LogP contribution in [0.1, 0.15) is 12.0 Å². The van der Waals surface area contributed by atoms with E-state index in [1.54, 1.807) is 0 Å². The Bertz CT molecular complexity index is 381. The summed E-state index contributed by atoms with van der Waals surface area (Å²) in [7, 11) is 0. The van der Waals surface area contributed by atoms with Gasteiger partial charge in [-0.1, -0.05) is 52.9 Å². The topological polar surface area (TPSA) is 66.4 Å². The Hall–Kier alpha value is -1.11. The highest BCUT2D eigenvalue weighted by atomic mass is 127. The predicted molar refractivity (Wildman–Crippen MR) is 73.2 cm³/mol. The molecule has 1 unspecified atom stereocenters. The van der Waals surface area contributed by atoms with Gasteiger partial charge in [0.05, 0.1) is 6.42 Å². The fourth-order valence-electron chi connectivity index (χ4n) is 1.39. The van der Waals surface area contributed by atoms with Crippen molar-refractivity contribution < 1.29 is 14.7 Å². The molecule has 1 aromatic rings. The fourth-order valence-corrected chi connectivity index (χ4v) is 2.02. The number of benzene rings is 1. The van der Waals surface area contributed by atoms with Crippen molar-refractivity contribution in [3.05, 3.63) is 35.9 Å². The first-order valence-electron chi connectivity index (χ1n) is 5.25. The number of carbonyl (C=O) groups is 2. The number of nitrogens with one attached hydrogen (secondary N) is 1. The first-order chi connectivity index (χ1) is 8.13. The van der Waals surface area contributed by atoms with Crippen molar-refractivity contribution in [1.29, 1.82) is 0 Å². The zero-order valence-electron chi connectivity index (χ0n) is 9.23. The number of amides is 1. The van der Waals surface area contributed by atoms with Crippen LogP contribution in [0.5, 0.6) is 0 Å². The summed E-state index contributed by atoms with van der Waals surface area (Å²) in [4.78, 5) is 22.5. The maximum atomic E-state index is 11.6. The smallest absolute Gasteiger partial charge is 0.326 e. The van der Waals surface area contributed by atoms with Crippen LogP contribution in [0, 0.1) is 0 Å². The lowest BCUT2D eigenvalue weighted by atomic mass is 10.1. The van der Waals surface area contributed by atoms with E-state index in [1.807, 2.05) is 30.3 Å². The molecule has 0 aliphatic heterocycles. The minimum absolute atomic E-state index is 0.214. The maximum Gasteiger partial charge on any atom is 0.326 e. The number of carboxylic acid groups (broad SMARTS) is 1. The summed E-state index contributed by atoms with van der Waals surface area (Å²) in [6, 6.07) is 8.46. The molecule has 0 aliphatic rings. The molecule has 0 saturated carbocycles. The van der Waals surface area contributed by atoms with Crippen molar-refractivity contribution in [2.24, 2.45) is 0 Å². The molecule has 1 atom stereocenters. The molecule has 92 valence electrons. The van der Waals surface area contributed by atoms with E-state index in [-0.39, 0.29) is 12.3 Å². The summed E-state index contributed by atoms with van der Waals surface area (Å²) >= 11 is 2.09. The molecular weight excluding hydrogens is 333 g/mol. The van der Waals surface area contributed by atoms with E-state index >= 15 is 0 Å². The van der Waals surface area contributed by atoms with Gasteiger partial charge in [0.25, 0.3) is 0 Å². The number of carboxylic acids is 1. The normalized spacial score (nSPS) is 11.8. The van der Waals surface area contributed by atoms with Crippen LogP contribution in [0.25, 0.3) is 0 Å². The van der Waals surface area contributed by atoms with Crippen LogP contribution < -0.4 is 5.32 Å². The van der Waals surface area contributed by atoms with E-state index in [0.29, 0.717) is 10.8 Å². The van der Waals surface area contributed by atoms with Gasteiger partial charge in [-0.3, -0.25) is 4.79 Å². The van der Waals surface area contributed by atoms with Crippen molar-refractivity contribution in [2.45, 2.75) is 18.9 Å². The zero-order chi connectivity index (χ0) is 12.7. The molecule has 0 spiro atoms. The van der Waals surface area contributed by atoms with Crippen molar-refractivity contribution >= 4 is 34.5 Å².